The van der Waals surface area contributed by atoms with Crippen LogP contribution in [-0.4, -0.2) is 36.3 Å². The molecule has 3 heterocycles. The number of ketones is 1. The minimum atomic E-state index is -0.328. The summed E-state index contributed by atoms with van der Waals surface area (Å²) in [5.41, 5.74) is 3.09. The number of carbonyl (C=O) groups excluding carboxylic acids is 1. The third-order valence-electron chi connectivity index (χ3n) is 4.88. The summed E-state index contributed by atoms with van der Waals surface area (Å²) < 4.78 is 15.3. The summed E-state index contributed by atoms with van der Waals surface area (Å²) >= 11 is 1.29. The van der Waals surface area contributed by atoms with Gasteiger partial charge in [-0.25, -0.2) is 4.39 Å². The highest BCUT2D eigenvalue weighted by molar-refractivity contribution is 7.99. The molecule has 0 spiro atoms. The number of carbonyl (C=O) groups is 1. The van der Waals surface area contributed by atoms with Crippen molar-refractivity contribution in [3.05, 3.63) is 90.6 Å². The van der Waals surface area contributed by atoms with Gasteiger partial charge in [0.05, 0.1) is 5.75 Å². The number of fused-ring (bicyclic) bond motifs is 1. The highest BCUT2D eigenvalue weighted by Gasteiger charge is 2.19. The first-order valence-electron chi connectivity index (χ1n) is 9.54. The predicted molar refractivity (Wildman–Crippen MR) is 118 cm³/mol. The van der Waals surface area contributed by atoms with E-state index in [4.69, 9.17) is 0 Å². The number of thioether (sulfide) groups is 1. The number of H-pyrrole nitrogens is 1. The third-order valence-corrected chi connectivity index (χ3v) is 5.81. The molecular weight excluding hydrogens is 413 g/mol. The fourth-order valence-corrected chi connectivity index (χ4v) is 4.22. The number of hydrogen-bond acceptors (Lipinski definition) is 5. The zero-order chi connectivity index (χ0) is 21.2. The monoisotopic (exact) mass is 429 g/mol. The van der Waals surface area contributed by atoms with Crippen LogP contribution in [0.25, 0.3) is 28.0 Å². The molecule has 0 radical (unpaired) electrons. The zero-order valence-corrected chi connectivity index (χ0v) is 17.0. The molecule has 6 nitrogen and oxygen atoms in total. The summed E-state index contributed by atoms with van der Waals surface area (Å²) in [5, 5.41) is 10.1. The molecule has 0 unspecified atom stereocenters. The average molecular weight is 429 g/mol. The number of nitrogens with one attached hydrogen (secondary N) is 1. The minimum absolute atomic E-state index is 0.0124. The first-order chi connectivity index (χ1) is 15.2. The predicted octanol–water partition coefficient (Wildman–Crippen LogP) is 4.92. The van der Waals surface area contributed by atoms with Gasteiger partial charge in [0.25, 0.3) is 0 Å². The number of halogens is 1. The lowest BCUT2D eigenvalue weighted by Crippen LogP contribution is -2.04. The lowest BCUT2D eigenvalue weighted by atomic mass is 10.1. The maximum atomic E-state index is 13.5. The Hall–Kier alpha value is -3.78. The van der Waals surface area contributed by atoms with Crippen molar-refractivity contribution in [2.24, 2.45) is 0 Å². The van der Waals surface area contributed by atoms with Gasteiger partial charge in [0, 0.05) is 46.3 Å². The van der Waals surface area contributed by atoms with E-state index in [1.807, 2.05) is 41.0 Å². The Morgan fingerprint density at radius 2 is 1.77 bits per heavy atom. The van der Waals surface area contributed by atoms with Gasteiger partial charge in [0.2, 0.25) is 0 Å². The van der Waals surface area contributed by atoms with Crippen molar-refractivity contribution in [3.8, 4) is 17.1 Å². The van der Waals surface area contributed by atoms with Crippen molar-refractivity contribution in [2.75, 3.05) is 5.75 Å². The Kier molecular flexibility index (Phi) is 5.05. The van der Waals surface area contributed by atoms with Gasteiger partial charge in [0.15, 0.2) is 16.8 Å². The molecule has 0 aliphatic carbocycles. The second-order valence-corrected chi connectivity index (χ2v) is 7.76. The second-order valence-electron chi connectivity index (χ2n) is 6.81. The standard InChI is InChI=1S/C23H16FN5OS/c24-16-5-7-17(8-6-16)29-22(15-9-11-25-12-10-15)27-28-23(29)31-14-21(30)19-13-26-20-4-2-1-3-18(19)20/h1-13,26H,14H2. The molecule has 152 valence electrons. The molecule has 0 saturated heterocycles. The van der Waals surface area contributed by atoms with Crippen LogP contribution in [0.15, 0.2) is 84.4 Å². The number of aromatic amines is 1. The van der Waals surface area contributed by atoms with Gasteiger partial charge < -0.3 is 4.98 Å². The summed E-state index contributed by atoms with van der Waals surface area (Å²) in [6.45, 7) is 0. The van der Waals surface area contributed by atoms with Gasteiger partial charge in [-0.05, 0) is 42.5 Å². The molecule has 0 saturated carbocycles. The summed E-state index contributed by atoms with van der Waals surface area (Å²) in [4.78, 5) is 20.1. The highest BCUT2D eigenvalue weighted by Crippen LogP contribution is 2.29. The Balaban J connectivity index is 1.48. The molecule has 0 amide bonds. The summed E-state index contributed by atoms with van der Waals surface area (Å²) in [6.07, 6.45) is 5.08. The van der Waals surface area contributed by atoms with Crippen molar-refractivity contribution < 1.29 is 9.18 Å². The highest BCUT2D eigenvalue weighted by atomic mass is 32.2. The largest absolute Gasteiger partial charge is 0.360 e. The SMILES string of the molecule is O=C(CSc1nnc(-c2ccncc2)n1-c1ccc(F)cc1)c1c[nH]c2ccccc12. The van der Waals surface area contributed by atoms with Crippen LogP contribution in [0.2, 0.25) is 0 Å². The molecule has 0 bridgehead atoms. The Morgan fingerprint density at radius 3 is 2.58 bits per heavy atom. The first kappa shape index (κ1) is 19.2. The summed E-state index contributed by atoms with van der Waals surface area (Å²) in [6, 6.07) is 17.4. The maximum absolute atomic E-state index is 13.5. The molecule has 1 N–H and O–H groups in total. The van der Waals surface area contributed by atoms with Crippen LogP contribution >= 0.6 is 11.8 Å². The normalized spacial score (nSPS) is 11.1. The van der Waals surface area contributed by atoms with Gasteiger partial charge >= 0.3 is 0 Å². The maximum Gasteiger partial charge on any atom is 0.196 e. The lowest BCUT2D eigenvalue weighted by molar-refractivity contribution is 0.102. The smallest absolute Gasteiger partial charge is 0.196 e. The van der Waals surface area contributed by atoms with Crippen LogP contribution < -0.4 is 0 Å². The summed E-state index contributed by atoms with van der Waals surface area (Å²) in [7, 11) is 0. The quantitative estimate of drug-likeness (QED) is 0.306. The summed E-state index contributed by atoms with van der Waals surface area (Å²) in [5.74, 6) is 0.445. The fraction of sp³-hybridized carbons (Fsp3) is 0.0435. The van der Waals surface area contributed by atoms with Gasteiger partial charge in [-0.1, -0.05) is 30.0 Å². The Labute approximate surface area is 181 Å². The molecule has 2 aromatic carbocycles. The van der Waals surface area contributed by atoms with Gasteiger partial charge in [-0.2, -0.15) is 0 Å². The van der Waals surface area contributed by atoms with Crippen LogP contribution in [0.4, 0.5) is 4.39 Å². The van der Waals surface area contributed by atoms with Crippen LogP contribution in [0.1, 0.15) is 10.4 Å². The van der Waals surface area contributed by atoms with Crippen LogP contribution in [0.3, 0.4) is 0 Å². The topological polar surface area (TPSA) is 76.5 Å². The Morgan fingerprint density at radius 1 is 1.00 bits per heavy atom. The first-order valence-corrected chi connectivity index (χ1v) is 10.5. The molecule has 0 aliphatic heterocycles. The van der Waals surface area contributed by atoms with Crippen molar-refractivity contribution in [1.82, 2.24) is 24.7 Å². The molecule has 0 fully saturated rings. The van der Waals surface area contributed by atoms with Crippen molar-refractivity contribution in [1.29, 1.82) is 0 Å². The number of hydrogen-bond donors (Lipinski definition) is 1. The zero-order valence-electron chi connectivity index (χ0n) is 16.2. The third kappa shape index (κ3) is 3.73. The number of nitrogens with zero attached hydrogens (tertiary/aromatic N) is 4. The van der Waals surface area contributed by atoms with Gasteiger partial charge in [0.1, 0.15) is 5.82 Å². The van der Waals surface area contributed by atoms with Crippen LogP contribution in [-0.2, 0) is 0 Å². The van der Waals surface area contributed by atoms with E-state index in [0.29, 0.717) is 22.2 Å². The molecule has 3 aromatic heterocycles. The molecule has 0 aliphatic rings. The van der Waals surface area contributed by atoms with Crippen molar-refractivity contribution in [3.63, 3.8) is 0 Å². The number of aromatic nitrogens is 5. The van der Waals surface area contributed by atoms with Crippen molar-refractivity contribution in [2.45, 2.75) is 5.16 Å². The van der Waals surface area contributed by atoms with Gasteiger partial charge in [-0.15, -0.1) is 10.2 Å². The minimum Gasteiger partial charge on any atom is -0.360 e. The van der Waals surface area contributed by atoms with E-state index < -0.39 is 0 Å². The molecule has 5 aromatic rings. The number of Topliss-reactive ketones (excluding diaryl/α,β-unsaturated/α-hetero) is 1. The van der Waals surface area contributed by atoms with E-state index in [1.54, 1.807) is 30.7 Å². The molecule has 0 atom stereocenters. The van der Waals surface area contributed by atoms with Crippen LogP contribution in [0.5, 0.6) is 0 Å². The molecular formula is C23H16FN5OS. The molecule has 8 heteroatoms. The van der Waals surface area contributed by atoms with E-state index in [-0.39, 0.29) is 17.4 Å². The lowest BCUT2D eigenvalue weighted by Gasteiger charge is -2.10. The molecule has 5 rings (SSSR count). The van der Waals surface area contributed by atoms with E-state index in [0.717, 1.165) is 16.5 Å². The number of para-hydroxylation sites is 1. The number of rotatable bonds is 6. The van der Waals surface area contributed by atoms with Crippen LogP contribution in [0, 0.1) is 5.82 Å². The fourth-order valence-electron chi connectivity index (χ4n) is 3.38. The second kappa shape index (κ2) is 8.16. The van der Waals surface area contributed by atoms with E-state index in [2.05, 4.69) is 20.2 Å². The Bertz CT molecular complexity index is 1360. The number of pyridine rings is 1. The van der Waals surface area contributed by atoms with E-state index in [9.17, 15) is 9.18 Å². The number of benzene rings is 2. The van der Waals surface area contributed by atoms with E-state index in [1.165, 1.54) is 23.9 Å². The van der Waals surface area contributed by atoms with E-state index >= 15 is 0 Å². The van der Waals surface area contributed by atoms with Gasteiger partial charge in [-0.3, -0.25) is 14.3 Å². The van der Waals surface area contributed by atoms with Crippen molar-refractivity contribution >= 4 is 28.4 Å². The average Bonchev–Trinajstić information content (AvgIpc) is 3.43. The molecule has 31 heavy (non-hydrogen) atoms.